The fourth-order valence-electron chi connectivity index (χ4n) is 0.840. The van der Waals surface area contributed by atoms with Crippen LogP contribution in [-0.2, 0) is 24.2 Å². The molecule has 1 aromatic heterocycles. The van der Waals surface area contributed by atoms with Gasteiger partial charge in [0.2, 0.25) is 0 Å². The summed E-state index contributed by atoms with van der Waals surface area (Å²) >= 11 is 0. The number of hydrogen-bond acceptors (Lipinski definition) is 5. The summed E-state index contributed by atoms with van der Waals surface area (Å²) in [6, 6.07) is 0. The van der Waals surface area contributed by atoms with Crippen LogP contribution in [0.25, 0.3) is 0 Å². The predicted molar refractivity (Wildman–Crippen MR) is 49.0 cm³/mol. The Kier molecular flexibility index (Phi) is 4.81. The van der Waals surface area contributed by atoms with E-state index in [1.807, 2.05) is 0 Å². The molecule has 1 aromatic rings. The van der Waals surface area contributed by atoms with Crippen molar-refractivity contribution < 1.29 is 35.6 Å². The maximum Gasteiger partial charge on any atom is 0.579 e. The van der Waals surface area contributed by atoms with E-state index < -0.39 is 20.5 Å². The zero-order valence-corrected chi connectivity index (χ0v) is 9.90. The largest absolute Gasteiger partial charge is 0.741 e. The smallest absolute Gasteiger partial charge is 0.579 e. The Morgan fingerprint density at radius 3 is 1.94 bits per heavy atom. The van der Waals surface area contributed by atoms with E-state index in [-0.39, 0.29) is 5.95 Å². The number of nitro groups is 1. The van der Waals surface area contributed by atoms with Crippen LogP contribution in [0.4, 0.5) is 19.1 Å². The van der Waals surface area contributed by atoms with Crippen LogP contribution in [0.5, 0.6) is 0 Å². The highest BCUT2D eigenvalue weighted by Gasteiger charge is 2.36. The highest BCUT2D eigenvalue weighted by atomic mass is 32.2. The number of aromatic nitrogens is 2. The van der Waals surface area contributed by atoms with Gasteiger partial charge in [0.1, 0.15) is 14.1 Å². The predicted octanol–water partition coefficient (Wildman–Crippen LogP) is -0.191. The van der Waals surface area contributed by atoms with Gasteiger partial charge in [0, 0.05) is 0 Å². The first-order valence-electron chi connectivity index (χ1n) is 4.05. The van der Waals surface area contributed by atoms with Crippen LogP contribution in [0.3, 0.4) is 0 Å². The van der Waals surface area contributed by atoms with Crippen LogP contribution in [-0.4, -0.2) is 28.0 Å². The summed E-state index contributed by atoms with van der Waals surface area (Å²) in [4.78, 5) is 9.85. The number of alkyl halides is 3. The van der Waals surface area contributed by atoms with E-state index in [2.05, 4.69) is 0 Å². The van der Waals surface area contributed by atoms with Gasteiger partial charge in [-0.3, -0.25) is 0 Å². The minimum absolute atomic E-state index is 0.0833. The molecule has 0 amide bonds. The van der Waals surface area contributed by atoms with E-state index in [1.165, 1.54) is 9.13 Å². The SMILES string of the molecule is Cn1cc[n+](C)c1[N+](=O)[O-].O=S(=O)([O-])C(F)(F)F. The molecule has 0 aromatic carbocycles. The Morgan fingerprint density at radius 2 is 1.83 bits per heavy atom. The summed E-state index contributed by atoms with van der Waals surface area (Å²) in [6.45, 7) is 0. The summed E-state index contributed by atoms with van der Waals surface area (Å²) in [7, 11) is -2.82. The lowest BCUT2D eigenvalue weighted by molar-refractivity contribution is -0.716. The molecule has 18 heavy (non-hydrogen) atoms. The molecule has 104 valence electrons. The van der Waals surface area contributed by atoms with E-state index >= 15 is 0 Å². The van der Waals surface area contributed by atoms with Gasteiger partial charge in [-0.25, -0.2) is 8.42 Å². The molecule has 0 fully saturated rings. The van der Waals surface area contributed by atoms with E-state index in [4.69, 9.17) is 13.0 Å². The van der Waals surface area contributed by atoms with Gasteiger partial charge in [-0.15, -0.1) is 0 Å². The van der Waals surface area contributed by atoms with Crippen LogP contribution < -0.4 is 4.57 Å². The van der Waals surface area contributed by atoms with Gasteiger partial charge in [-0.1, -0.05) is 0 Å². The van der Waals surface area contributed by atoms with Crippen molar-refractivity contribution in [2.75, 3.05) is 0 Å². The van der Waals surface area contributed by atoms with Crippen molar-refractivity contribution in [1.29, 1.82) is 0 Å². The molecule has 8 nitrogen and oxygen atoms in total. The van der Waals surface area contributed by atoms with Crippen molar-refractivity contribution >= 4 is 16.1 Å². The van der Waals surface area contributed by atoms with Crippen LogP contribution in [0.2, 0.25) is 0 Å². The van der Waals surface area contributed by atoms with Crippen LogP contribution in [0.15, 0.2) is 12.4 Å². The number of hydrogen-bond donors (Lipinski definition) is 0. The molecule has 0 spiro atoms. The Balaban J connectivity index is 0.000000331. The van der Waals surface area contributed by atoms with Gasteiger partial charge in [0.25, 0.3) is 0 Å². The third-order valence-electron chi connectivity index (χ3n) is 1.59. The molecule has 1 rings (SSSR count). The second-order valence-corrected chi connectivity index (χ2v) is 4.35. The lowest BCUT2D eigenvalue weighted by Gasteiger charge is -2.08. The summed E-state index contributed by atoms with van der Waals surface area (Å²) in [6.07, 6.45) is 3.27. The fourth-order valence-corrected chi connectivity index (χ4v) is 0.840. The van der Waals surface area contributed by atoms with E-state index in [9.17, 15) is 23.3 Å². The number of imidazole rings is 1. The third-order valence-corrected chi connectivity index (χ3v) is 2.16. The van der Waals surface area contributed by atoms with Gasteiger partial charge in [0.05, 0.1) is 4.92 Å². The van der Waals surface area contributed by atoms with Gasteiger partial charge < -0.3 is 14.7 Å². The van der Waals surface area contributed by atoms with E-state index in [0.717, 1.165) is 0 Å². The standard InChI is InChI=1S/C5H8N3O2.CHF3O3S/c1-6-3-4-7(2)5(6)8(9)10;2-1(3,4)8(5,6)7/h3-4H,1-2H3;(H,5,6,7)/q+1;/p-1. The molecule has 0 bridgehead atoms. The Hall–Kier alpha value is -1.69. The van der Waals surface area contributed by atoms with Crippen molar-refractivity contribution in [3.05, 3.63) is 22.5 Å². The van der Waals surface area contributed by atoms with Crippen LogP contribution in [0, 0.1) is 10.1 Å². The Bertz CT molecular complexity index is 516. The number of halogens is 3. The lowest BCUT2D eigenvalue weighted by Crippen LogP contribution is -2.29. The third kappa shape index (κ3) is 4.29. The molecule has 0 atom stereocenters. The quantitative estimate of drug-likeness (QED) is 0.234. The molecule has 0 saturated carbocycles. The van der Waals surface area contributed by atoms with Crippen LogP contribution >= 0.6 is 0 Å². The Morgan fingerprint density at radius 1 is 1.44 bits per heavy atom. The van der Waals surface area contributed by atoms with Crippen molar-refractivity contribution in [3.63, 3.8) is 0 Å². The highest BCUT2D eigenvalue weighted by Crippen LogP contribution is 2.20. The number of nitrogens with zero attached hydrogens (tertiary/aromatic N) is 3. The Labute approximate surface area is 99.2 Å². The minimum Gasteiger partial charge on any atom is -0.741 e. The van der Waals surface area contributed by atoms with Gasteiger partial charge in [-0.2, -0.15) is 22.3 Å². The van der Waals surface area contributed by atoms with Gasteiger partial charge >= 0.3 is 11.5 Å². The highest BCUT2D eigenvalue weighted by molar-refractivity contribution is 7.86. The monoisotopic (exact) mass is 291 g/mol. The first kappa shape index (κ1) is 16.3. The van der Waals surface area contributed by atoms with Gasteiger partial charge in [-0.05, 0) is 0 Å². The molecule has 0 radical (unpaired) electrons. The van der Waals surface area contributed by atoms with Gasteiger partial charge in [0.15, 0.2) is 22.5 Å². The second-order valence-electron chi connectivity index (χ2n) is 2.98. The average molecular weight is 291 g/mol. The summed E-state index contributed by atoms with van der Waals surface area (Å²) in [5.41, 5.74) is -5.65. The molecule has 12 heteroatoms. The molecule has 0 unspecified atom stereocenters. The molecule has 0 aliphatic rings. The van der Waals surface area contributed by atoms with Crippen molar-refractivity contribution in [3.8, 4) is 0 Å². The van der Waals surface area contributed by atoms with Crippen molar-refractivity contribution in [1.82, 2.24) is 4.57 Å². The molecular formula is C6H8F3N3O5S. The second kappa shape index (κ2) is 5.30. The molecule has 0 aliphatic heterocycles. The topological polar surface area (TPSA) is 109 Å². The summed E-state index contributed by atoms with van der Waals surface area (Å²) in [5, 5.41) is 10.3. The average Bonchev–Trinajstić information content (AvgIpc) is 2.43. The molecule has 0 aliphatic carbocycles. The first-order valence-corrected chi connectivity index (χ1v) is 5.46. The van der Waals surface area contributed by atoms with Crippen LogP contribution in [0.1, 0.15) is 0 Å². The lowest BCUT2D eigenvalue weighted by atomic mass is 10.9. The molecule has 0 saturated heterocycles. The summed E-state index contributed by atoms with van der Waals surface area (Å²) in [5.74, 6) is 0.0833. The summed E-state index contributed by atoms with van der Waals surface area (Å²) < 4.78 is 61.8. The van der Waals surface area contributed by atoms with E-state index in [1.54, 1.807) is 26.5 Å². The normalized spacial score (nSPS) is 11.7. The maximum absolute atomic E-state index is 10.7. The number of rotatable bonds is 1. The zero-order chi connectivity index (χ0) is 14.7. The van der Waals surface area contributed by atoms with Crippen molar-refractivity contribution in [2.24, 2.45) is 14.1 Å². The maximum atomic E-state index is 10.7. The molecular weight excluding hydrogens is 283 g/mol. The first-order chi connectivity index (χ1) is 7.88. The van der Waals surface area contributed by atoms with E-state index in [0.29, 0.717) is 0 Å². The number of aryl methyl sites for hydroxylation is 2. The van der Waals surface area contributed by atoms with Crippen molar-refractivity contribution in [2.45, 2.75) is 5.51 Å². The minimum atomic E-state index is -6.09. The zero-order valence-electron chi connectivity index (χ0n) is 9.08. The molecule has 1 heterocycles. The molecule has 0 N–H and O–H groups in total. The fraction of sp³-hybridized carbons (Fsp3) is 0.500.